The van der Waals surface area contributed by atoms with Gasteiger partial charge >= 0.3 is 0 Å². The summed E-state index contributed by atoms with van der Waals surface area (Å²) in [7, 11) is 0. The fraction of sp³-hybridized carbons (Fsp3) is 0.739. The number of allylic oxidation sites excluding steroid dienone is 3. The van der Waals surface area contributed by atoms with Crippen LogP contribution in [0, 0.1) is 29.1 Å². The van der Waals surface area contributed by atoms with Crippen molar-refractivity contribution in [2.75, 3.05) is 6.61 Å². The van der Waals surface area contributed by atoms with E-state index in [9.17, 15) is 5.11 Å². The van der Waals surface area contributed by atoms with Crippen LogP contribution in [0.5, 0.6) is 0 Å². The highest BCUT2D eigenvalue weighted by molar-refractivity contribution is 5.39. The summed E-state index contributed by atoms with van der Waals surface area (Å²) in [4.78, 5) is 0. The molecule has 0 amide bonds. The van der Waals surface area contributed by atoms with E-state index < -0.39 is 11.4 Å². The summed E-state index contributed by atoms with van der Waals surface area (Å²) < 4.78 is 12.4. The zero-order chi connectivity index (χ0) is 18.9. The van der Waals surface area contributed by atoms with E-state index in [0.717, 1.165) is 31.4 Å². The maximum Gasteiger partial charge on any atom is 0.163 e. The third-order valence-electron chi connectivity index (χ3n) is 7.80. The maximum absolute atomic E-state index is 11.8. The molecule has 2 unspecified atom stereocenters. The van der Waals surface area contributed by atoms with E-state index in [1.54, 1.807) is 0 Å². The van der Waals surface area contributed by atoms with Gasteiger partial charge in [0.05, 0.1) is 18.3 Å². The molecule has 3 heteroatoms. The first-order valence-electron chi connectivity index (χ1n) is 10.2. The van der Waals surface area contributed by atoms with Crippen LogP contribution in [-0.4, -0.2) is 29.2 Å². The first kappa shape index (κ1) is 18.5. The van der Waals surface area contributed by atoms with Crippen molar-refractivity contribution in [2.45, 2.75) is 71.4 Å². The van der Waals surface area contributed by atoms with Gasteiger partial charge in [-0.1, -0.05) is 49.8 Å². The first-order chi connectivity index (χ1) is 12.1. The fourth-order valence-corrected chi connectivity index (χ4v) is 6.29. The molecule has 3 nitrogen and oxygen atoms in total. The molecule has 1 aliphatic heterocycles. The molecule has 3 saturated carbocycles. The average Bonchev–Trinajstić information content (AvgIpc) is 2.57. The lowest BCUT2D eigenvalue weighted by atomic mass is 9.42. The number of ether oxygens (including phenoxy) is 2. The van der Waals surface area contributed by atoms with Gasteiger partial charge in [-0.25, -0.2) is 0 Å². The van der Waals surface area contributed by atoms with E-state index in [-0.39, 0.29) is 17.4 Å². The van der Waals surface area contributed by atoms with Crippen molar-refractivity contribution in [3.8, 4) is 0 Å². The lowest BCUT2D eigenvalue weighted by Crippen LogP contribution is -2.67. The Labute approximate surface area is 158 Å². The van der Waals surface area contributed by atoms with Gasteiger partial charge < -0.3 is 14.6 Å². The Kier molecular flexibility index (Phi) is 4.12. The normalized spacial score (nSPS) is 49.5. The van der Waals surface area contributed by atoms with Gasteiger partial charge in [0, 0.05) is 17.3 Å². The van der Waals surface area contributed by atoms with Gasteiger partial charge in [-0.05, 0) is 51.9 Å². The predicted octanol–water partition coefficient (Wildman–Crippen LogP) is 4.63. The molecular weight excluding hydrogens is 324 g/mol. The molecule has 1 heterocycles. The topological polar surface area (TPSA) is 38.7 Å². The van der Waals surface area contributed by atoms with Crippen molar-refractivity contribution < 1.29 is 14.6 Å². The van der Waals surface area contributed by atoms with E-state index in [4.69, 9.17) is 9.47 Å². The molecule has 0 radical (unpaired) electrons. The van der Waals surface area contributed by atoms with E-state index in [1.807, 2.05) is 32.9 Å². The minimum absolute atomic E-state index is 0.201. The molecule has 26 heavy (non-hydrogen) atoms. The minimum atomic E-state index is -0.815. The van der Waals surface area contributed by atoms with Crippen molar-refractivity contribution >= 4 is 0 Å². The van der Waals surface area contributed by atoms with Crippen LogP contribution in [-0.2, 0) is 9.47 Å². The smallest absolute Gasteiger partial charge is 0.163 e. The molecule has 5 rings (SSSR count). The van der Waals surface area contributed by atoms with E-state index in [2.05, 4.69) is 26.5 Å². The second-order valence-electron chi connectivity index (χ2n) is 9.80. The molecule has 0 aromatic heterocycles. The Bertz CT molecular complexity index is 675. The number of rotatable bonds is 2. The number of hydrogen-bond acceptors (Lipinski definition) is 3. The predicted molar refractivity (Wildman–Crippen MR) is 103 cm³/mol. The minimum Gasteiger partial charge on any atom is -0.385 e. The SMILES string of the molecule is C=C(C)/C=C/C1(O)C(C)[C@@H]2CC[C@@]1(C)C1=CC[C@H]3COC(C)(C)O[C@H]3[C@@H]12. The van der Waals surface area contributed by atoms with Gasteiger partial charge in [0.25, 0.3) is 0 Å². The van der Waals surface area contributed by atoms with Crippen molar-refractivity contribution in [2.24, 2.45) is 29.1 Å². The molecule has 1 N–H and O–H groups in total. The molecule has 0 aromatic rings. The highest BCUT2D eigenvalue weighted by Gasteiger charge is 2.66. The Balaban J connectivity index is 1.77. The van der Waals surface area contributed by atoms with Crippen LogP contribution < -0.4 is 0 Å². The van der Waals surface area contributed by atoms with Crippen molar-refractivity contribution in [3.63, 3.8) is 0 Å². The highest BCUT2D eigenvalue weighted by Crippen LogP contribution is 2.66. The van der Waals surface area contributed by atoms with Crippen LogP contribution in [0.4, 0.5) is 0 Å². The van der Waals surface area contributed by atoms with Crippen LogP contribution in [0.1, 0.15) is 53.9 Å². The number of fused-ring (bicyclic) bond motifs is 3. The summed E-state index contributed by atoms with van der Waals surface area (Å²) >= 11 is 0. The zero-order valence-corrected chi connectivity index (χ0v) is 16.9. The Hall–Kier alpha value is -0.900. The highest BCUT2D eigenvalue weighted by atomic mass is 16.7. The maximum atomic E-state index is 11.8. The van der Waals surface area contributed by atoms with Crippen molar-refractivity contribution in [1.82, 2.24) is 0 Å². The second kappa shape index (κ2) is 5.80. The average molecular weight is 359 g/mol. The molecule has 5 aliphatic rings. The molecule has 1 saturated heterocycles. The van der Waals surface area contributed by atoms with Crippen LogP contribution in [0.2, 0.25) is 0 Å². The lowest BCUT2D eigenvalue weighted by Gasteiger charge is -2.66. The largest absolute Gasteiger partial charge is 0.385 e. The van der Waals surface area contributed by atoms with Crippen LogP contribution in [0.3, 0.4) is 0 Å². The summed E-state index contributed by atoms with van der Waals surface area (Å²) in [5, 5.41) is 11.8. The molecule has 0 spiro atoms. The first-order valence-corrected chi connectivity index (χ1v) is 10.2. The summed E-state index contributed by atoms with van der Waals surface area (Å²) in [5.41, 5.74) is 1.37. The van der Waals surface area contributed by atoms with Gasteiger partial charge in [0.15, 0.2) is 5.79 Å². The quantitative estimate of drug-likeness (QED) is 0.578. The monoisotopic (exact) mass is 358 g/mol. The third-order valence-corrected chi connectivity index (χ3v) is 7.80. The van der Waals surface area contributed by atoms with E-state index >= 15 is 0 Å². The van der Waals surface area contributed by atoms with Crippen LogP contribution >= 0.6 is 0 Å². The van der Waals surface area contributed by atoms with Crippen molar-refractivity contribution in [3.05, 3.63) is 36.0 Å². The number of hydrogen-bond donors (Lipinski definition) is 1. The third kappa shape index (κ3) is 2.43. The molecule has 144 valence electrons. The van der Waals surface area contributed by atoms with Gasteiger partial charge in [-0.15, -0.1) is 0 Å². The molecule has 0 aromatic carbocycles. The summed E-state index contributed by atoms with van der Waals surface area (Å²) in [6, 6.07) is 0. The van der Waals surface area contributed by atoms with Gasteiger partial charge in [-0.3, -0.25) is 0 Å². The summed E-state index contributed by atoms with van der Waals surface area (Å²) in [6.07, 6.45) is 9.84. The second-order valence-corrected chi connectivity index (χ2v) is 9.80. The lowest BCUT2D eigenvalue weighted by molar-refractivity contribution is -0.314. The van der Waals surface area contributed by atoms with Crippen LogP contribution in [0.15, 0.2) is 36.0 Å². The fourth-order valence-electron chi connectivity index (χ4n) is 6.29. The number of aliphatic hydroxyl groups is 1. The molecule has 2 bridgehead atoms. The van der Waals surface area contributed by atoms with Crippen LogP contribution in [0.25, 0.3) is 0 Å². The van der Waals surface area contributed by atoms with Crippen molar-refractivity contribution in [1.29, 1.82) is 0 Å². The van der Waals surface area contributed by atoms with Gasteiger partial charge in [-0.2, -0.15) is 0 Å². The van der Waals surface area contributed by atoms with Gasteiger partial charge in [0.1, 0.15) is 0 Å². The van der Waals surface area contributed by atoms with Gasteiger partial charge in [0.2, 0.25) is 0 Å². The molecule has 4 fully saturated rings. The zero-order valence-electron chi connectivity index (χ0n) is 16.9. The summed E-state index contributed by atoms with van der Waals surface area (Å²) in [6.45, 7) is 15.3. The molecular formula is C23H34O3. The standard InChI is InChI=1S/C23H34O3/c1-14(2)9-12-23(24)15(3)17-10-11-22(23,6)18-8-7-16-13-25-21(4,5)26-20(16)19(17)18/h8-9,12,15-17,19-20,24H,1,7,10-11,13H2,2-6H3/b12-9+/t15?,16-,17-,19+,20+,22-,23?/m0/s1. The molecule has 4 aliphatic carbocycles. The molecule has 7 atom stereocenters. The van der Waals surface area contributed by atoms with E-state index in [1.165, 1.54) is 5.57 Å². The Morgan fingerprint density at radius 3 is 2.77 bits per heavy atom. The Morgan fingerprint density at radius 1 is 1.35 bits per heavy atom. The Morgan fingerprint density at radius 2 is 2.08 bits per heavy atom. The summed E-state index contributed by atoms with van der Waals surface area (Å²) in [5.74, 6) is 0.979. The van der Waals surface area contributed by atoms with E-state index in [0.29, 0.717) is 17.8 Å².